The summed E-state index contributed by atoms with van der Waals surface area (Å²) in [7, 11) is 0. The van der Waals surface area contributed by atoms with E-state index in [9.17, 15) is 0 Å². The fourth-order valence-corrected chi connectivity index (χ4v) is 27.6. The van der Waals surface area contributed by atoms with E-state index < -0.39 is 0 Å². The monoisotopic (exact) mass is 657 g/mol. The van der Waals surface area contributed by atoms with Gasteiger partial charge in [-0.2, -0.15) is 0 Å². The first-order chi connectivity index (χ1) is 20.9. The van der Waals surface area contributed by atoms with Crippen molar-refractivity contribution in [1.29, 1.82) is 0 Å². The molecule has 0 radical (unpaired) electrons. The standard InChI is InChI=1S/C48H80/c1-27-28(2)35(12)34(27,11)42(19)36(13)29(3)37(14)40(17,32(8,9)31(6,7)39(36,16)43(35,42)20)46(23)44(37,21)47(24)41(18)33(10)26-30(4,5)38(33,15)45(41,22)48(46,47)25/h27-29H,26H2,1-25H3. The highest BCUT2D eigenvalue weighted by atomic mass is 15.2. The lowest BCUT2D eigenvalue weighted by Gasteiger charge is -3.17. The molecule has 0 aromatic heterocycles. The summed E-state index contributed by atoms with van der Waals surface area (Å²) in [6, 6.07) is 0. The lowest BCUT2D eigenvalue weighted by Crippen LogP contribution is -3.14. The van der Waals surface area contributed by atoms with Gasteiger partial charge in [0.25, 0.3) is 0 Å². The van der Waals surface area contributed by atoms with Crippen molar-refractivity contribution in [2.75, 3.05) is 0 Å². The van der Waals surface area contributed by atoms with Crippen LogP contribution in [0.25, 0.3) is 0 Å². The molecule has 19 unspecified atom stereocenters. The summed E-state index contributed by atoms with van der Waals surface area (Å²) in [5, 5.41) is 0. The molecule has 0 heterocycles. The molecule has 0 saturated heterocycles. The molecule has 9 aliphatic rings. The molecule has 9 fully saturated rings. The van der Waals surface area contributed by atoms with Crippen molar-refractivity contribution in [2.45, 2.75) is 180 Å². The Morgan fingerprint density at radius 1 is 0.292 bits per heavy atom. The van der Waals surface area contributed by atoms with E-state index in [1.807, 2.05) is 0 Å². The molecule has 0 aromatic rings. The van der Waals surface area contributed by atoms with E-state index in [4.69, 9.17) is 0 Å². The molecule has 0 aliphatic heterocycles. The first kappa shape index (κ1) is 33.8. The highest BCUT2D eigenvalue weighted by molar-refractivity contribution is 5.63. The minimum absolute atomic E-state index is 0.130. The van der Waals surface area contributed by atoms with Gasteiger partial charge in [0.1, 0.15) is 0 Å². The van der Waals surface area contributed by atoms with Crippen LogP contribution in [0.3, 0.4) is 0 Å². The predicted octanol–water partition coefficient (Wildman–Crippen LogP) is 13.6. The van der Waals surface area contributed by atoms with E-state index in [2.05, 4.69) is 173 Å². The first-order valence-electron chi connectivity index (χ1n) is 20.9. The van der Waals surface area contributed by atoms with Gasteiger partial charge in [-0.3, -0.25) is 0 Å². The van der Waals surface area contributed by atoms with Crippen LogP contribution in [0.1, 0.15) is 180 Å². The molecule has 0 N–H and O–H groups in total. The smallest absolute Gasteiger partial charge is 0.0131 e. The van der Waals surface area contributed by atoms with Crippen LogP contribution in [-0.2, 0) is 0 Å². The van der Waals surface area contributed by atoms with Crippen molar-refractivity contribution in [3.8, 4) is 0 Å². The zero-order valence-corrected chi connectivity index (χ0v) is 36.9. The van der Waals surface area contributed by atoms with Gasteiger partial charge in [0, 0.05) is 0 Å². The molecule has 0 spiro atoms. The van der Waals surface area contributed by atoms with E-state index >= 15 is 0 Å². The van der Waals surface area contributed by atoms with E-state index in [1.54, 1.807) is 0 Å². The quantitative estimate of drug-likeness (QED) is 0.228. The Labute approximate surface area is 299 Å². The van der Waals surface area contributed by atoms with Crippen LogP contribution in [0.4, 0.5) is 0 Å². The van der Waals surface area contributed by atoms with Crippen LogP contribution in [0.15, 0.2) is 0 Å². The molecule has 0 bridgehead atoms. The SMILES string of the molecule is CC1C(C)C2(C)C1(C)C1(C)C3(C)C(C)C4(C)C(C)(C(C)(C)C(C)(C)C3(C)C21C)C1(C)C4(C)C2(C)C3(C)C4(C)CC(C)(C)C4(C)C3(C)C12C. The van der Waals surface area contributed by atoms with Gasteiger partial charge in [0.05, 0.1) is 0 Å². The minimum atomic E-state index is 0.130. The van der Waals surface area contributed by atoms with Crippen LogP contribution in [0.5, 0.6) is 0 Å². The fourth-order valence-electron chi connectivity index (χ4n) is 27.6. The van der Waals surface area contributed by atoms with Crippen LogP contribution < -0.4 is 0 Å². The summed E-state index contributed by atoms with van der Waals surface area (Å²) in [5.41, 5.74) is 5.32. The molecule has 0 heteroatoms. The zero-order valence-electron chi connectivity index (χ0n) is 36.9. The van der Waals surface area contributed by atoms with Crippen LogP contribution in [0.2, 0.25) is 0 Å². The first-order valence-corrected chi connectivity index (χ1v) is 20.9. The van der Waals surface area contributed by atoms with Gasteiger partial charge in [0.2, 0.25) is 0 Å². The summed E-state index contributed by atoms with van der Waals surface area (Å²) in [6.07, 6.45) is 1.39. The molecule has 48 heavy (non-hydrogen) atoms. The molecule has 9 aliphatic carbocycles. The molecule has 19 atom stereocenters. The Bertz CT molecular complexity index is 1710. The third-order valence-corrected chi connectivity index (χ3v) is 31.0. The van der Waals surface area contributed by atoms with Crippen LogP contribution in [-0.4, -0.2) is 0 Å². The second-order valence-corrected chi connectivity index (χ2v) is 26.1. The van der Waals surface area contributed by atoms with Gasteiger partial charge in [-0.1, -0.05) is 173 Å². The highest BCUT2D eigenvalue weighted by Crippen LogP contribution is 3.21. The number of rotatable bonds is 0. The molecule has 9 saturated carbocycles. The van der Waals surface area contributed by atoms with Gasteiger partial charge in [-0.05, 0) is 127 Å². The zero-order chi connectivity index (χ0) is 36.9. The number of hydrogen-bond donors (Lipinski definition) is 0. The van der Waals surface area contributed by atoms with E-state index in [0.29, 0.717) is 60.1 Å². The van der Waals surface area contributed by atoms with E-state index in [1.165, 1.54) is 6.42 Å². The largest absolute Gasteiger partial charge is 0.0617 e. The average molecular weight is 657 g/mol. The lowest BCUT2D eigenvalue weighted by atomic mass is 8.86. The van der Waals surface area contributed by atoms with Gasteiger partial charge >= 0.3 is 0 Å². The van der Waals surface area contributed by atoms with Gasteiger partial charge < -0.3 is 0 Å². The summed E-state index contributed by atoms with van der Waals surface area (Å²) in [4.78, 5) is 0. The van der Waals surface area contributed by atoms with Crippen LogP contribution in [0, 0.1) is 121 Å². The third kappa shape index (κ3) is 1.49. The van der Waals surface area contributed by atoms with Crippen molar-refractivity contribution >= 4 is 0 Å². The molecule has 9 rings (SSSR count). The second-order valence-electron chi connectivity index (χ2n) is 26.1. The molecule has 0 nitrogen and oxygen atoms in total. The Morgan fingerprint density at radius 3 is 1.00 bits per heavy atom. The second kappa shape index (κ2) is 6.47. The number of fused-ring (bicyclic) bond motifs is 20. The fraction of sp³-hybridized carbons (Fsp3) is 1.00. The van der Waals surface area contributed by atoms with Gasteiger partial charge in [0.15, 0.2) is 0 Å². The van der Waals surface area contributed by atoms with Crippen molar-refractivity contribution in [1.82, 2.24) is 0 Å². The van der Waals surface area contributed by atoms with E-state index in [0.717, 1.165) is 11.8 Å². The van der Waals surface area contributed by atoms with Crippen molar-refractivity contribution < 1.29 is 0 Å². The summed E-state index contributed by atoms with van der Waals surface area (Å²) < 4.78 is 0. The van der Waals surface area contributed by atoms with Crippen molar-refractivity contribution in [3.05, 3.63) is 0 Å². The maximum absolute atomic E-state index is 2.93. The molecular formula is C48H80. The molecule has 0 aromatic carbocycles. The minimum Gasteiger partial charge on any atom is -0.0617 e. The third-order valence-electron chi connectivity index (χ3n) is 31.0. The molecule has 0 amide bonds. The maximum Gasteiger partial charge on any atom is -0.0131 e. The Hall–Kier alpha value is 0. The summed E-state index contributed by atoms with van der Waals surface area (Å²) in [6.45, 7) is 70.4. The lowest BCUT2D eigenvalue weighted by molar-refractivity contribution is -0.712. The molecule has 272 valence electrons. The van der Waals surface area contributed by atoms with Crippen molar-refractivity contribution in [2.24, 2.45) is 121 Å². The number of hydrogen-bond acceptors (Lipinski definition) is 0. The summed E-state index contributed by atoms with van der Waals surface area (Å²) >= 11 is 0. The average Bonchev–Trinajstić information content (AvgIpc) is 3.03. The maximum atomic E-state index is 2.93. The Morgan fingerprint density at radius 2 is 0.583 bits per heavy atom. The van der Waals surface area contributed by atoms with Gasteiger partial charge in [-0.25, -0.2) is 0 Å². The topological polar surface area (TPSA) is 0 Å². The Balaban J connectivity index is 1.37. The van der Waals surface area contributed by atoms with Crippen LogP contribution >= 0.6 is 0 Å². The van der Waals surface area contributed by atoms with Crippen molar-refractivity contribution in [3.63, 3.8) is 0 Å². The normalized spacial score (nSPS) is 78.8. The predicted molar refractivity (Wildman–Crippen MR) is 203 cm³/mol. The molecular weight excluding hydrogens is 577 g/mol. The van der Waals surface area contributed by atoms with Gasteiger partial charge in [-0.15, -0.1) is 0 Å². The van der Waals surface area contributed by atoms with E-state index in [-0.39, 0.29) is 48.7 Å². The Kier molecular flexibility index (Phi) is 4.56. The highest BCUT2D eigenvalue weighted by Gasteiger charge is 3.17. The summed E-state index contributed by atoms with van der Waals surface area (Å²) in [5.74, 6) is 2.17.